The molecule has 0 aliphatic rings. The summed E-state index contributed by atoms with van der Waals surface area (Å²) in [5.41, 5.74) is 2.64. The first-order valence-electron chi connectivity index (χ1n) is 7.98. The topological polar surface area (TPSA) is 77.8 Å². The second-order valence-electron chi connectivity index (χ2n) is 5.52. The Kier molecular flexibility index (Phi) is 5.25. The van der Waals surface area contributed by atoms with Crippen molar-refractivity contribution in [3.8, 4) is 5.75 Å². The zero-order valence-corrected chi connectivity index (χ0v) is 14.2. The standard InChI is InChI=1S/C18H20N4O3/c1-13-16(17-19-7-4-8-22(17)21-13)18(23)20-12-14-5-3-6-15(11-14)25-10-9-24-2/h3-8,11H,9-10,12H2,1-2H3,(H,20,23). The fourth-order valence-electron chi connectivity index (χ4n) is 2.52. The molecule has 3 aromatic rings. The summed E-state index contributed by atoms with van der Waals surface area (Å²) in [6.45, 7) is 3.21. The van der Waals surface area contributed by atoms with E-state index in [0.29, 0.717) is 36.7 Å². The summed E-state index contributed by atoms with van der Waals surface area (Å²) in [7, 11) is 1.63. The fraction of sp³-hybridized carbons (Fsp3) is 0.278. The van der Waals surface area contributed by atoms with Crippen molar-refractivity contribution in [2.45, 2.75) is 13.5 Å². The van der Waals surface area contributed by atoms with Crippen molar-refractivity contribution < 1.29 is 14.3 Å². The summed E-state index contributed by atoms with van der Waals surface area (Å²) in [5, 5.41) is 7.22. The summed E-state index contributed by atoms with van der Waals surface area (Å²) in [6.07, 6.45) is 3.42. The molecule has 7 nitrogen and oxygen atoms in total. The lowest BCUT2D eigenvalue weighted by atomic mass is 10.2. The van der Waals surface area contributed by atoms with Crippen LogP contribution in [0.1, 0.15) is 21.6 Å². The summed E-state index contributed by atoms with van der Waals surface area (Å²) in [5.74, 6) is 0.550. The van der Waals surface area contributed by atoms with Gasteiger partial charge in [-0.15, -0.1) is 0 Å². The van der Waals surface area contributed by atoms with Crippen molar-refractivity contribution in [3.05, 3.63) is 59.5 Å². The molecule has 1 amide bonds. The Labute approximate surface area is 145 Å². The largest absolute Gasteiger partial charge is 0.491 e. The maximum Gasteiger partial charge on any atom is 0.257 e. The molecule has 0 unspecified atom stereocenters. The zero-order valence-electron chi connectivity index (χ0n) is 14.2. The van der Waals surface area contributed by atoms with Gasteiger partial charge in [0, 0.05) is 26.0 Å². The molecule has 1 aromatic carbocycles. The number of ether oxygens (including phenoxy) is 2. The van der Waals surface area contributed by atoms with Gasteiger partial charge in [-0.3, -0.25) is 4.79 Å². The first kappa shape index (κ1) is 16.9. The van der Waals surface area contributed by atoms with Crippen LogP contribution in [-0.2, 0) is 11.3 Å². The van der Waals surface area contributed by atoms with Crippen molar-refractivity contribution >= 4 is 11.6 Å². The van der Waals surface area contributed by atoms with Crippen molar-refractivity contribution in [1.29, 1.82) is 0 Å². The molecule has 1 N–H and O–H groups in total. The van der Waals surface area contributed by atoms with E-state index in [1.807, 2.05) is 24.3 Å². The molecule has 0 aliphatic heterocycles. The zero-order chi connectivity index (χ0) is 17.6. The minimum Gasteiger partial charge on any atom is -0.491 e. The predicted octanol–water partition coefficient (Wildman–Crippen LogP) is 1.99. The van der Waals surface area contributed by atoms with Crippen molar-refractivity contribution in [3.63, 3.8) is 0 Å². The van der Waals surface area contributed by atoms with E-state index in [2.05, 4.69) is 15.4 Å². The molecule has 0 atom stereocenters. The van der Waals surface area contributed by atoms with Gasteiger partial charge < -0.3 is 14.8 Å². The SMILES string of the molecule is COCCOc1cccc(CNC(=O)c2c(C)nn3cccnc23)c1. The third-order valence-corrected chi connectivity index (χ3v) is 3.71. The summed E-state index contributed by atoms with van der Waals surface area (Å²) in [4.78, 5) is 16.8. The maximum absolute atomic E-state index is 12.6. The Balaban J connectivity index is 1.68. The quantitative estimate of drug-likeness (QED) is 0.666. The molecular weight excluding hydrogens is 320 g/mol. The van der Waals surface area contributed by atoms with E-state index in [9.17, 15) is 4.79 Å². The van der Waals surface area contributed by atoms with Crippen LogP contribution in [0.3, 0.4) is 0 Å². The summed E-state index contributed by atoms with van der Waals surface area (Å²) in [6, 6.07) is 9.38. The highest BCUT2D eigenvalue weighted by atomic mass is 16.5. The summed E-state index contributed by atoms with van der Waals surface area (Å²) >= 11 is 0. The van der Waals surface area contributed by atoms with Crippen LogP contribution in [0.25, 0.3) is 5.65 Å². The molecule has 0 radical (unpaired) electrons. The molecular formula is C18H20N4O3. The molecule has 25 heavy (non-hydrogen) atoms. The highest BCUT2D eigenvalue weighted by Crippen LogP contribution is 2.15. The minimum absolute atomic E-state index is 0.197. The number of nitrogens with zero attached hydrogens (tertiary/aromatic N) is 3. The summed E-state index contributed by atoms with van der Waals surface area (Å²) < 4.78 is 12.2. The van der Waals surface area contributed by atoms with E-state index in [1.54, 1.807) is 37.0 Å². The Morgan fingerprint density at radius 2 is 2.16 bits per heavy atom. The van der Waals surface area contributed by atoms with Crippen LogP contribution in [0, 0.1) is 6.92 Å². The Morgan fingerprint density at radius 3 is 3.00 bits per heavy atom. The molecule has 0 saturated carbocycles. The second kappa shape index (κ2) is 7.76. The normalized spacial score (nSPS) is 10.8. The van der Waals surface area contributed by atoms with Crippen LogP contribution in [-0.4, -0.2) is 40.8 Å². The van der Waals surface area contributed by atoms with E-state index in [4.69, 9.17) is 9.47 Å². The number of methoxy groups -OCH3 is 1. The predicted molar refractivity (Wildman–Crippen MR) is 92.7 cm³/mol. The number of aryl methyl sites for hydroxylation is 1. The van der Waals surface area contributed by atoms with Crippen LogP contribution >= 0.6 is 0 Å². The number of amides is 1. The number of carbonyl (C=O) groups excluding carboxylic acids is 1. The third-order valence-electron chi connectivity index (χ3n) is 3.71. The Hall–Kier alpha value is -2.93. The number of fused-ring (bicyclic) bond motifs is 1. The third kappa shape index (κ3) is 3.95. The Morgan fingerprint density at radius 1 is 1.28 bits per heavy atom. The van der Waals surface area contributed by atoms with Gasteiger partial charge in [0.25, 0.3) is 5.91 Å². The molecule has 0 spiro atoms. The molecule has 3 rings (SSSR count). The average molecular weight is 340 g/mol. The smallest absolute Gasteiger partial charge is 0.257 e. The Bertz CT molecular complexity index is 876. The molecule has 2 aromatic heterocycles. The van der Waals surface area contributed by atoms with E-state index >= 15 is 0 Å². The van der Waals surface area contributed by atoms with Crippen LogP contribution in [0.15, 0.2) is 42.7 Å². The van der Waals surface area contributed by atoms with Gasteiger partial charge in [0.1, 0.15) is 17.9 Å². The first-order chi connectivity index (χ1) is 12.2. The number of carbonyl (C=O) groups is 1. The van der Waals surface area contributed by atoms with E-state index in [-0.39, 0.29) is 5.91 Å². The number of aromatic nitrogens is 3. The maximum atomic E-state index is 12.6. The van der Waals surface area contributed by atoms with Gasteiger partial charge in [0.2, 0.25) is 0 Å². The van der Waals surface area contributed by atoms with E-state index < -0.39 is 0 Å². The number of nitrogens with one attached hydrogen (secondary N) is 1. The van der Waals surface area contributed by atoms with Crippen molar-refractivity contribution in [2.75, 3.05) is 20.3 Å². The number of hydrogen-bond acceptors (Lipinski definition) is 5. The van der Waals surface area contributed by atoms with Crippen molar-refractivity contribution in [2.24, 2.45) is 0 Å². The monoisotopic (exact) mass is 340 g/mol. The van der Waals surface area contributed by atoms with Gasteiger partial charge in [0.05, 0.1) is 12.3 Å². The van der Waals surface area contributed by atoms with Gasteiger partial charge in [-0.05, 0) is 30.7 Å². The second-order valence-corrected chi connectivity index (χ2v) is 5.52. The highest BCUT2D eigenvalue weighted by Gasteiger charge is 2.17. The lowest BCUT2D eigenvalue weighted by Gasteiger charge is -2.08. The molecule has 0 aliphatic carbocycles. The van der Waals surface area contributed by atoms with Gasteiger partial charge in [0.15, 0.2) is 5.65 Å². The fourth-order valence-corrected chi connectivity index (χ4v) is 2.52. The molecule has 7 heteroatoms. The average Bonchev–Trinajstić information content (AvgIpc) is 2.96. The van der Waals surface area contributed by atoms with Crippen LogP contribution < -0.4 is 10.1 Å². The van der Waals surface area contributed by atoms with Gasteiger partial charge >= 0.3 is 0 Å². The number of rotatable bonds is 7. The molecule has 2 heterocycles. The van der Waals surface area contributed by atoms with E-state index in [0.717, 1.165) is 11.3 Å². The lowest BCUT2D eigenvalue weighted by Crippen LogP contribution is -2.23. The van der Waals surface area contributed by atoms with Gasteiger partial charge in [-0.1, -0.05) is 12.1 Å². The van der Waals surface area contributed by atoms with Crippen LogP contribution in [0.2, 0.25) is 0 Å². The number of benzene rings is 1. The van der Waals surface area contributed by atoms with Gasteiger partial charge in [-0.25, -0.2) is 9.50 Å². The molecule has 130 valence electrons. The van der Waals surface area contributed by atoms with Crippen LogP contribution in [0.5, 0.6) is 5.75 Å². The molecule has 0 fully saturated rings. The molecule has 0 bridgehead atoms. The molecule has 0 saturated heterocycles. The van der Waals surface area contributed by atoms with Gasteiger partial charge in [-0.2, -0.15) is 5.10 Å². The van der Waals surface area contributed by atoms with Crippen molar-refractivity contribution in [1.82, 2.24) is 19.9 Å². The highest BCUT2D eigenvalue weighted by molar-refractivity contribution is 6.00. The van der Waals surface area contributed by atoms with E-state index in [1.165, 1.54) is 0 Å². The minimum atomic E-state index is -0.197. The first-order valence-corrected chi connectivity index (χ1v) is 7.98. The lowest BCUT2D eigenvalue weighted by molar-refractivity contribution is 0.0951. The number of hydrogen-bond donors (Lipinski definition) is 1. The van der Waals surface area contributed by atoms with Crippen LogP contribution in [0.4, 0.5) is 0 Å².